The van der Waals surface area contributed by atoms with Crippen LogP contribution in [-0.2, 0) is 6.54 Å². The number of fused-ring (bicyclic) bond motifs is 1. The predicted molar refractivity (Wildman–Crippen MR) is 80.5 cm³/mol. The van der Waals surface area contributed by atoms with Crippen LogP contribution in [0.3, 0.4) is 0 Å². The fourth-order valence-electron chi connectivity index (χ4n) is 1.97. The Kier molecular flexibility index (Phi) is 3.34. The smallest absolute Gasteiger partial charge is 0.0706 e. The molecule has 0 aliphatic carbocycles. The van der Waals surface area contributed by atoms with E-state index in [0.29, 0.717) is 6.54 Å². The van der Waals surface area contributed by atoms with Crippen molar-refractivity contribution in [2.45, 2.75) is 6.54 Å². The van der Waals surface area contributed by atoms with Gasteiger partial charge in [-0.15, -0.1) is 0 Å². The number of hydrogen-bond donors (Lipinski definition) is 1. The molecule has 0 saturated carbocycles. The van der Waals surface area contributed by atoms with Crippen molar-refractivity contribution in [2.75, 3.05) is 5.32 Å². The number of para-hydroxylation sites is 1. The van der Waals surface area contributed by atoms with Crippen LogP contribution in [0.25, 0.3) is 10.9 Å². The monoisotopic (exact) mass is 268 g/mol. The summed E-state index contributed by atoms with van der Waals surface area (Å²) in [6.45, 7) is 0.701. The van der Waals surface area contributed by atoms with Crippen LogP contribution in [0.1, 0.15) is 5.69 Å². The first-order valence-corrected chi connectivity index (χ1v) is 6.53. The fraction of sp³-hybridized carbons (Fsp3) is 0.0625. The Hall–Kier alpha value is -2.06. The van der Waals surface area contributed by atoms with Gasteiger partial charge in [-0.1, -0.05) is 35.9 Å². The highest BCUT2D eigenvalue weighted by molar-refractivity contribution is 6.30. The number of anilines is 1. The van der Waals surface area contributed by atoms with Gasteiger partial charge in [0.2, 0.25) is 0 Å². The van der Waals surface area contributed by atoms with E-state index in [9.17, 15) is 0 Å². The minimum Gasteiger partial charge on any atom is -0.379 e. The van der Waals surface area contributed by atoms with Crippen molar-refractivity contribution >= 4 is 28.2 Å². The van der Waals surface area contributed by atoms with E-state index >= 15 is 0 Å². The quantitative estimate of drug-likeness (QED) is 0.756. The van der Waals surface area contributed by atoms with Gasteiger partial charge in [-0.05, 0) is 36.4 Å². The highest BCUT2D eigenvalue weighted by Crippen LogP contribution is 2.15. The summed E-state index contributed by atoms with van der Waals surface area (Å²) in [5, 5.41) is 5.24. The molecule has 0 fully saturated rings. The maximum absolute atomic E-state index is 5.85. The zero-order valence-electron chi connectivity index (χ0n) is 10.3. The molecule has 0 atom stereocenters. The molecule has 0 aliphatic rings. The van der Waals surface area contributed by atoms with E-state index in [4.69, 9.17) is 11.6 Å². The zero-order valence-corrected chi connectivity index (χ0v) is 11.1. The highest BCUT2D eigenvalue weighted by atomic mass is 35.5. The van der Waals surface area contributed by atoms with E-state index in [0.717, 1.165) is 27.3 Å². The molecular formula is C16H13ClN2. The van der Waals surface area contributed by atoms with Crippen LogP contribution in [0.5, 0.6) is 0 Å². The van der Waals surface area contributed by atoms with E-state index in [-0.39, 0.29) is 0 Å². The molecule has 0 aliphatic heterocycles. The van der Waals surface area contributed by atoms with Crippen molar-refractivity contribution < 1.29 is 0 Å². The molecule has 3 aromatic rings. The molecule has 1 heterocycles. The Balaban J connectivity index is 1.76. The van der Waals surface area contributed by atoms with Gasteiger partial charge < -0.3 is 5.32 Å². The third kappa shape index (κ3) is 2.85. The molecule has 3 heteroatoms. The van der Waals surface area contributed by atoms with Gasteiger partial charge in [0, 0.05) is 16.1 Å². The summed E-state index contributed by atoms with van der Waals surface area (Å²) < 4.78 is 0. The molecule has 2 nitrogen and oxygen atoms in total. The van der Waals surface area contributed by atoms with E-state index in [1.165, 1.54) is 0 Å². The van der Waals surface area contributed by atoms with Crippen LogP contribution in [-0.4, -0.2) is 4.98 Å². The van der Waals surface area contributed by atoms with Gasteiger partial charge in [0.05, 0.1) is 17.8 Å². The molecule has 0 amide bonds. The van der Waals surface area contributed by atoms with Crippen LogP contribution < -0.4 is 5.32 Å². The summed E-state index contributed by atoms with van der Waals surface area (Å²) in [5.41, 5.74) is 3.09. The number of benzene rings is 2. The maximum atomic E-state index is 5.85. The lowest BCUT2D eigenvalue weighted by Crippen LogP contribution is -2.01. The molecule has 19 heavy (non-hydrogen) atoms. The average molecular weight is 269 g/mol. The number of nitrogens with zero attached hydrogens (tertiary/aromatic N) is 1. The van der Waals surface area contributed by atoms with Crippen LogP contribution in [0.4, 0.5) is 5.69 Å². The SMILES string of the molecule is Clc1ccc(NCc2ccc3ccccc3n2)cc1. The molecule has 0 unspecified atom stereocenters. The largest absolute Gasteiger partial charge is 0.379 e. The summed E-state index contributed by atoms with van der Waals surface area (Å²) in [5.74, 6) is 0. The first kappa shape index (κ1) is 12.0. The van der Waals surface area contributed by atoms with E-state index < -0.39 is 0 Å². The molecule has 0 radical (unpaired) electrons. The van der Waals surface area contributed by atoms with E-state index in [1.54, 1.807) is 0 Å². The second-order valence-electron chi connectivity index (χ2n) is 4.36. The molecule has 3 rings (SSSR count). The van der Waals surface area contributed by atoms with Crippen LogP contribution in [0.2, 0.25) is 5.02 Å². The minimum atomic E-state index is 0.701. The summed E-state index contributed by atoms with van der Waals surface area (Å²) in [7, 11) is 0. The van der Waals surface area contributed by atoms with Gasteiger partial charge in [-0.3, -0.25) is 4.98 Å². The standard InChI is InChI=1S/C16H13ClN2/c17-13-6-9-14(10-7-13)18-11-15-8-5-12-3-1-2-4-16(12)19-15/h1-10,18H,11H2. The highest BCUT2D eigenvalue weighted by Gasteiger charge is 1.98. The third-order valence-electron chi connectivity index (χ3n) is 2.97. The summed E-state index contributed by atoms with van der Waals surface area (Å²) in [4.78, 5) is 4.62. The Morgan fingerprint density at radius 2 is 1.68 bits per heavy atom. The molecule has 1 aromatic heterocycles. The lowest BCUT2D eigenvalue weighted by Gasteiger charge is -2.07. The number of rotatable bonds is 3. The number of nitrogens with one attached hydrogen (secondary N) is 1. The molecular weight excluding hydrogens is 256 g/mol. The molecule has 0 spiro atoms. The van der Waals surface area contributed by atoms with Gasteiger partial charge >= 0.3 is 0 Å². The second kappa shape index (κ2) is 5.29. The summed E-state index contributed by atoms with van der Waals surface area (Å²) in [6, 6.07) is 19.9. The van der Waals surface area contributed by atoms with Gasteiger partial charge in [-0.25, -0.2) is 0 Å². The Labute approximate surface area is 117 Å². The van der Waals surface area contributed by atoms with Crippen molar-refractivity contribution in [1.29, 1.82) is 0 Å². The van der Waals surface area contributed by atoms with Gasteiger partial charge in [0.1, 0.15) is 0 Å². The number of aromatic nitrogens is 1. The van der Waals surface area contributed by atoms with Gasteiger partial charge in [0.15, 0.2) is 0 Å². The van der Waals surface area contributed by atoms with E-state index in [1.807, 2.05) is 48.5 Å². The van der Waals surface area contributed by atoms with E-state index in [2.05, 4.69) is 22.4 Å². The first-order valence-electron chi connectivity index (χ1n) is 6.15. The minimum absolute atomic E-state index is 0.701. The zero-order chi connectivity index (χ0) is 13.1. The Bertz CT molecular complexity index is 692. The van der Waals surface area contributed by atoms with Crippen LogP contribution >= 0.6 is 11.6 Å². The molecule has 1 N–H and O–H groups in total. The molecule has 0 saturated heterocycles. The van der Waals surface area contributed by atoms with Crippen molar-refractivity contribution in [3.8, 4) is 0 Å². The first-order chi connectivity index (χ1) is 9.31. The third-order valence-corrected chi connectivity index (χ3v) is 3.23. The van der Waals surface area contributed by atoms with Crippen LogP contribution in [0, 0.1) is 0 Å². The molecule has 2 aromatic carbocycles. The Morgan fingerprint density at radius 3 is 2.53 bits per heavy atom. The lowest BCUT2D eigenvalue weighted by atomic mass is 10.2. The summed E-state index contributed by atoms with van der Waals surface area (Å²) in [6.07, 6.45) is 0. The summed E-state index contributed by atoms with van der Waals surface area (Å²) >= 11 is 5.85. The maximum Gasteiger partial charge on any atom is 0.0706 e. The fourth-order valence-corrected chi connectivity index (χ4v) is 2.09. The Morgan fingerprint density at radius 1 is 0.895 bits per heavy atom. The van der Waals surface area contributed by atoms with Crippen molar-refractivity contribution in [3.05, 3.63) is 71.4 Å². The molecule has 94 valence electrons. The van der Waals surface area contributed by atoms with Crippen molar-refractivity contribution in [1.82, 2.24) is 4.98 Å². The van der Waals surface area contributed by atoms with Crippen molar-refractivity contribution in [3.63, 3.8) is 0 Å². The number of hydrogen-bond acceptors (Lipinski definition) is 2. The topological polar surface area (TPSA) is 24.9 Å². The van der Waals surface area contributed by atoms with Crippen molar-refractivity contribution in [2.24, 2.45) is 0 Å². The number of pyridine rings is 1. The normalized spacial score (nSPS) is 10.6. The number of halogens is 1. The average Bonchev–Trinajstić information content (AvgIpc) is 2.46. The lowest BCUT2D eigenvalue weighted by molar-refractivity contribution is 1.07. The van der Waals surface area contributed by atoms with Gasteiger partial charge in [-0.2, -0.15) is 0 Å². The van der Waals surface area contributed by atoms with Crippen LogP contribution in [0.15, 0.2) is 60.7 Å². The second-order valence-corrected chi connectivity index (χ2v) is 4.79. The molecule has 0 bridgehead atoms. The predicted octanol–water partition coefficient (Wildman–Crippen LogP) is 4.50. The van der Waals surface area contributed by atoms with Gasteiger partial charge in [0.25, 0.3) is 0 Å².